The summed E-state index contributed by atoms with van der Waals surface area (Å²) < 4.78 is 5.28. The highest BCUT2D eigenvalue weighted by Crippen LogP contribution is 2.09. The van der Waals surface area contributed by atoms with Crippen LogP contribution >= 0.6 is 0 Å². The van der Waals surface area contributed by atoms with Gasteiger partial charge < -0.3 is 15.2 Å². The topological polar surface area (TPSA) is 61.8 Å². The first kappa shape index (κ1) is 16.4. The maximum Gasteiger partial charge on any atom is 0.222 e. The van der Waals surface area contributed by atoms with Crippen molar-refractivity contribution < 1.29 is 14.6 Å². The van der Waals surface area contributed by atoms with Crippen molar-refractivity contribution >= 4 is 5.91 Å². The van der Waals surface area contributed by atoms with Gasteiger partial charge in [-0.2, -0.15) is 0 Å². The highest BCUT2D eigenvalue weighted by Gasteiger charge is 2.26. The van der Waals surface area contributed by atoms with Crippen LogP contribution in [0.5, 0.6) is 0 Å². The van der Waals surface area contributed by atoms with E-state index < -0.39 is 5.60 Å². The van der Waals surface area contributed by atoms with E-state index in [9.17, 15) is 9.90 Å². The fourth-order valence-electron chi connectivity index (χ4n) is 2.31. The number of nitrogens with one attached hydrogen (secondary N) is 1. The number of ether oxygens (including phenoxy) is 1. The van der Waals surface area contributed by atoms with Crippen LogP contribution in [0.15, 0.2) is 0 Å². The number of β-amino-alcohol motifs (C(OH)–C–C–N with tert-alkyl or cyclic N) is 1. The molecule has 0 spiro atoms. The predicted molar refractivity (Wildman–Crippen MR) is 75.0 cm³/mol. The van der Waals surface area contributed by atoms with Gasteiger partial charge in [0.05, 0.1) is 18.8 Å². The first-order valence-corrected chi connectivity index (χ1v) is 7.25. The SMILES string of the molecule is CCCC(C)C(=O)NCC(C)(O)CN1CCOCC1. The van der Waals surface area contributed by atoms with Gasteiger partial charge in [-0.25, -0.2) is 0 Å². The Morgan fingerprint density at radius 3 is 2.68 bits per heavy atom. The number of hydrogen-bond acceptors (Lipinski definition) is 4. The lowest BCUT2D eigenvalue weighted by Crippen LogP contribution is -2.51. The fraction of sp³-hybridized carbons (Fsp3) is 0.929. The number of nitrogens with zero attached hydrogens (tertiary/aromatic N) is 1. The van der Waals surface area contributed by atoms with Crippen LogP contribution < -0.4 is 5.32 Å². The van der Waals surface area contributed by atoms with Gasteiger partial charge >= 0.3 is 0 Å². The van der Waals surface area contributed by atoms with Gasteiger partial charge in [0.25, 0.3) is 0 Å². The standard InChI is InChI=1S/C14H28N2O3/c1-4-5-12(2)13(17)15-10-14(3,18)11-16-6-8-19-9-7-16/h12,18H,4-11H2,1-3H3,(H,15,17). The third-order valence-corrected chi connectivity index (χ3v) is 3.48. The molecular weight excluding hydrogens is 244 g/mol. The molecule has 19 heavy (non-hydrogen) atoms. The number of aliphatic hydroxyl groups is 1. The number of amides is 1. The van der Waals surface area contributed by atoms with Gasteiger partial charge in [-0.1, -0.05) is 20.3 Å². The zero-order valence-corrected chi connectivity index (χ0v) is 12.4. The Morgan fingerprint density at radius 2 is 2.11 bits per heavy atom. The summed E-state index contributed by atoms with van der Waals surface area (Å²) in [6.45, 7) is 9.76. The largest absolute Gasteiger partial charge is 0.387 e. The molecule has 0 aromatic heterocycles. The summed E-state index contributed by atoms with van der Waals surface area (Å²) in [5.41, 5.74) is -0.890. The lowest BCUT2D eigenvalue weighted by atomic mass is 10.0. The van der Waals surface area contributed by atoms with E-state index in [2.05, 4.69) is 17.1 Å². The van der Waals surface area contributed by atoms with Crippen LogP contribution in [0.2, 0.25) is 0 Å². The first-order valence-electron chi connectivity index (χ1n) is 7.25. The minimum atomic E-state index is -0.890. The molecule has 5 nitrogen and oxygen atoms in total. The molecule has 1 heterocycles. The molecular formula is C14H28N2O3. The molecule has 1 amide bonds. The summed E-state index contributed by atoms with van der Waals surface area (Å²) >= 11 is 0. The number of carbonyl (C=O) groups excluding carboxylic acids is 1. The molecule has 112 valence electrons. The Kier molecular flexibility index (Phi) is 6.75. The molecule has 0 saturated carbocycles. The van der Waals surface area contributed by atoms with E-state index in [-0.39, 0.29) is 11.8 Å². The number of carbonyl (C=O) groups is 1. The van der Waals surface area contributed by atoms with Crippen molar-refractivity contribution in [2.45, 2.75) is 39.2 Å². The van der Waals surface area contributed by atoms with E-state index in [1.54, 1.807) is 6.92 Å². The number of hydrogen-bond donors (Lipinski definition) is 2. The van der Waals surface area contributed by atoms with Gasteiger partial charge in [0.15, 0.2) is 0 Å². The van der Waals surface area contributed by atoms with Crippen LogP contribution in [0.3, 0.4) is 0 Å². The van der Waals surface area contributed by atoms with E-state index in [0.29, 0.717) is 13.1 Å². The molecule has 1 aliphatic heterocycles. The maximum absolute atomic E-state index is 11.8. The summed E-state index contributed by atoms with van der Waals surface area (Å²) in [7, 11) is 0. The summed E-state index contributed by atoms with van der Waals surface area (Å²) in [6.07, 6.45) is 1.89. The lowest BCUT2D eigenvalue weighted by molar-refractivity contribution is -0.126. The third kappa shape index (κ3) is 6.36. The van der Waals surface area contributed by atoms with Crippen LogP contribution in [0.25, 0.3) is 0 Å². The number of rotatable bonds is 7. The number of morpholine rings is 1. The Morgan fingerprint density at radius 1 is 1.47 bits per heavy atom. The van der Waals surface area contributed by atoms with Crippen molar-refractivity contribution in [3.05, 3.63) is 0 Å². The first-order chi connectivity index (χ1) is 8.94. The van der Waals surface area contributed by atoms with E-state index in [1.165, 1.54) is 0 Å². The Bertz CT molecular complexity index is 276. The van der Waals surface area contributed by atoms with Crippen molar-refractivity contribution in [2.24, 2.45) is 5.92 Å². The van der Waals surface area contributed by atoms with E-state index in [1.807, 2.05) is 6.92 Å². The lowest BCUT2D eigenvalue weighted by Gasteiger charge is -2.34. The highest BCUT2D eigenvalue weighted by molar-refractivity contribution is 5.78. The van der Waals surface area contributed by atoms with Crippen molar-refractivity contribution in [1.82, 2.24) is 10.2 Å². The second kappa shape index (κ2) is 7.82. The molecule has 2 N–H and O–H groups in total. The van der Waals surface area contributed by atoms with Gasteiger partial charge in [0.2, 0.25) is 5.91 Å². The monoisotopic (exact) mass is 272 g/mol. The molecule has 0 bridgehead atoms. The highest BCUT2D eigenvalue weighted by atomic mass is 16.5. The second-order valence-corrected chi connectivity index (χ2v) is 5.79. The Labute approximate surface area is 116 Å². The van der Waals surface area contributed by atoms with Crippen LogP contribution in [0, 0.1) is 5.92 Å². The zero-order valence-electron chi connectivity index (χ0n) is 12.4. The van der Waals surface area contributed by atoms with Crippen LogP contribution in [-0.4, -0.2) is 60.9 Å². The Hall–Kier alpha value is -0.650. The van der Waals surface area contributed by atoms with Gasteiger partial charge in [-0.05, 0) is 13.3 Å². The predicted octanol–water partition coefficient (Wildman–Crippen LogP) is 0.622. The molecule has 1 rings (SSSR count). The molecule has 5 heteroatoms. The molecule has 2 atom stereocenters. The van der Waals surface area contributed by atoms with Crippen LogP contribution in [0.1, 0.15) is 33.6 Å². The molecule has 1 aliphatic rings. The molecule has 0 radical (unpaired) electrons. The second-order valence-electron chi connectivity index (χ2n) is 5.79. The summed E-state index contributed by atoms with van der Waals surface area (Å²) in [6, 6.07) is 0. The minimum Gasteiger partial charge on any atom is -0.387 e. The van der Waals surface area contributed by atoms with Crippen molar-refractivity contribution in [3.8, 4) is 0 Å². The summed E-state index contributed by atoms with van der Waals surface area (Å²) in [4.78, 5) is 14.0. The molecule has 0 aromatic rings. The molecule has 2 unspecified atom stereocenters. The summed E-state index contributed by atoms with van der Waals surface area (Å²) in [5, 5.41) is 13.2. The van der Waals surface area contributed by atoms with E-state index in [4.69, 9.17) is 4.74 Å². The smallest absolute Gasteiger partial charge is 0.222 e. The zero-order chi connectivity index (χ0) is 14.3. The fourth-order valence-corrected chi connectivity index (χ4v) is 2.31. The summed E-state index contributed by atoms with van der Waals surface area (Å²) in [5.74, 6) is 0.0493. The normalized spacial score (nSPS) is 21.7. The van der Waals surface area contributed by atoms with Crippen LogP contribution in [-0.2, 0) is 9.53 Å². The molecule has 1 saturated heterocycles. The molecule has 1 fully saturated rings. The van der Waals surface area contributed by atoms with Crippen LogP contribution in [0.4, 0.5) is 0 Å². The molecule has 0 aliphatic carbocycles. The third-order valence-electron chi connectivity index (χ3n) is 3.48. The quantitative estimate of drug-likeness (QED) is 0.713. The van der Waals surface area contributed by atoms with Crippen molar-refractivity contribution in [3.63, 3.8) is 0 Å². The van der Waals surface area contributed by atoms with Gasteiger partial charge in [-0.15, -0.1) is 0 Å². The van der Waals surface area contributed by atoms with Crippen molar-refractivity contribution in [2.75, 3.05) is 39.4 Å². The van der Waals surface area contributed by atoms with Gasteiger partial charge in [-0.3, -0.25) is 9.69 Å². The molecule has 0 aromatic carbocycles. The minimum absolute atomic E-state index is 0.0178. The maximum atomic E-state index is 11.8. The average Bonchev–Trinajstić information content (AvgIpc) is 2.37. The van der Waals surface area contributed by atoms with Gasteiger partial charge in [0.1, 0.15) is 0 Å². The van der Waals surface area contributed by atoms with E-state index in [0.717, 1.165) is 39.1 Å². The van der Waals surface area contributed by atoms with Crippen molar-refractivity contribution in [1.29, 1.82) is 0 Å². The van der Waals surface area contributed by atoms with E-state index >= 15 is 0 Å². The Balaban J connectivity index is 2.30. The average molecular weight is 272 g/mol. The van der Waals surface area contributed by atoms with Gasteiger partial charge in [0, 0.05) is 32.1 Å².